The lowest BCUT2D eigenvalue weighted by atomic mass is 9.98. The highest BCUT2D eigenvalue weighted by molar-refractivity contribution is 9.10. The van der Waals surface area contributed by atoms with Crippen molar-refractivity contribution in [3.05, 3.63) is 27.7 Å². The van der Waals surface area contributed by atoms with Gasteiger partial charge in [0.1, 0.15) is 12.4 Å². The van der Waals surface area contributed by atoms with Crippen LogP contribution in [0.3, 0.4) is 0 Å². The number of hydrogen-bond donors (Lipinski definition) is 1. The number of nitrogens with zero attached hydrogens (tertiary/aromatic N) is 1. The summed E-state index contributed by atoms with van der Waals surface area (Å²) in [5.74, 6) is -0.191. The molecule has 1 N–H and O–H groups in total. The molecule has 1 fully saturated rings. The molecule has 1 aliphatic heterocycles. The molecule has 2 rings (SSSR count). The van der Waals surface area contributed by atoms with Gasteiger partial charge in [-0.3, -0.25) is 9.69 Å². The molecule has 1 saturated heterocycles. The summed E-state index contributed by atoms with van der Waals surface area (Å²) in [6.07, 6.45) is 1.71. The second-order valence-corrected chi connectivity index (χ2v) is 6.19. The predicted octanol–water partition coefficient (Wildman–Crippen LogP) is 3.28. The van der Waals surface area contributed by atoms with Crippen molar-refractivity contribution in [1.82, 2.24) is 4.90 Å². The third-order valence-corrected chi connectivity index (χ3v) is 4.27. The van der Waals surface area contributed by atoms with Crippen molar-refractivity contribution in [2.45, 2.75) is 12.8 Å². The summed E-state index contributed by atoms with van der Waals surface area (Å²) in [6, 6.07) is 5.39. The maximum absolute atomic E-state index is 11.0. The molecule has 1 aliphatic rings. The Hall–Kier alpha value is -0.780. The molecule has 20 heavy (non-hydrogen) atoms. The van der Waals surface area contributed by atoms with E-state index in [0.29, 0.717) is 18.2 Å². The van der Waals surface area contributed by atoms with Gasteiger partial charge in [0.25, 0.3) is 0 Å². The van der Waals surface area contributed by atoms with Crippen molar-refractivity contribution in [3.63, 3.8) is 0 Å². The first-order valence-electron chi connectivity index (χ1n) is 6.59. The summed E-state index contributed by atoms with van der Waals surface area (Å²) >= 11 is 9.27. The second kappa shape index (κ2) is 7.29. The lowest BCUT2D eigenvalue weighted by Gasteiger charge is -2.30. The molecule has 0 saturated carbocycles. The Balaban J connectivity index is 1.79. The summed E-state index contributed by atoms with van der Waals surface area (Å²) in [5.41, 5.74) is 0. The molecule has 1 atom stereocenters. The Morgan fingerprint density at radius 3 is 3.05 bits per heavy atom. The first-order chi connectivity index (χ1) is 9.56. The van der Waals surface area contributed by atoms with Gasteiger partial charge in [-0.1, -0.05) is 11.6 Å². The van der Waals surface area contributed by atoms with Gasteiger partial charge >= 0.3 is 5.97 Å². The van der Waals surface area contributed by atoms with Gasteiger partial charge < -0.3 is 9.84 Å². The number of hydrogen-bond acceptors (Lipinski definition) is 3. The van der Waals surface area contributed by atoms with Crippen LogP contribution < -0.4 is 4.74 Å². The highest BCUT2D eigenvalue weighted by atomic mass is 79.9. The number of aliphatic carboxylic acids is 1. The molecule has 0 spiro atoms. The third-order valence-electron chi connectivity index (χ3n) is 3.41. The number of halogens is 2. The van der Waals surface area contributed by atoms with Crippen LogP contribution in [0.4, 0.5) is 0 Å². The largest absolute Gasteiger partial charge is 0.491 e. The van der Waals surface area contributed by atoms with Crippen molar-refractivity contribution in [2.24, 2.45) is 5.92 Å². The van der Waals surface area contributed by atoms with Crippen LogP contribution >= 0.6 is 27.5 Å². The van der Waals surface area contributed by atoms with Crippen molar-refractivity contribution in [2.75, 3.05) is 26.2 Å². The fourth-order valence-corrected chi connectivity index (χ4v) is 3.13. The molecule has 1 aromatic carbocycles. The molecule has 110 valence electrons. The van der Waals surface area contributed by atoms with E-state index < -0.39 is 5.97 Å². The van der Waals surface area contributed by atoms with Crippen LogP contribution in [0.2, 0.25) is 5.02 Å². The molecule has 1 aromatic rings. The molecule has 0 aromatic heterocycles. The normalized spacial score (nSPS) is 19.8. The van der Waals surface area contributed by atoms with Crippen LogP contribution in [0.5, 0.6) is 5.75 Å². The minimum Gasteiger partial charge on any atom is -0.491 e. The van der Waals surface area contributed by atoms with E-state index in [1.54, 1.807) is 12.1 Å². The summed E-state index contributed by atoms with van der Waals surface area (Å²) in [5, 5.41) is 9.70. The lowest BCUT2D eigenvalue weighted by molar-refractivity contribution is -0.143. The summed E-state index contributed by atoms with van der Waals surface area (Å²) in [4.78, 5) is 13.1. The van der Waals surface area contributed by atoms with Crippen LogP contribution in [-0.2, 0) is 4.79 Å². The zero-order valence-corrected chi connectivity index (χ0v) is 13.4. The fraction of sp³-hybridized carbons (Fsp3) is 0.500. The maximum Gasteiger partial charge on any atom is 0.307 e. The van der Waals surface area contributed by atoms with Gasteiger partial charge in [0.05, 0.1) is 10.4 Å². The van der Waals surface area contributed by atoms with Gasteiger partial charge in [-0.25, -0.2) is 0 Å². The highest BCUT2D eigenvalue weighted by Crippen LogP contribution is 2.28. The monoisotopic (exact) mass is 361 g/mol. The Morgan fingerprint density at radius 1 is 1.55 bits per heavy atom. The molecule has 1 unspecified atom stereocenters. The van der Waals surface area contributed by atoms with E-state index in [4.69, 9.17) is 21.4 Å². The Kier molecular flexibility index (Phi) is 5.69. The number of ether oxygens (including phenoxy) is 1. The number of carbonyl (C=O) groups is 1. The van der Waals surface area contributed by atoms with E-state index in [-0.39, 0.29) is 5.92 Å². The number of piperidine rings is 1. The van der Waals surface area contributed by atoms with E-state index >= 15 is 0 Å². The zero-order valence-electron chi connectivity index (χ0n) is 11.0. The lowest BCUT2D eigenvalue weighted by Crippen LogP contribution is -2.40. The van der Waals surface area contributed by atoms with Crippen molar-refractivity contribution in [3.8, 4) is 5.75 Å². The highest BCUT2D eigenvalue weighted by Gasteiger charge is 2.24. The van der Waals surface area contributed by atoms with E-state index in [0.717, 1.165) is 36.2 Å². The first-order valence-corrected chi connectivity index (χ1v) is 7.76. The molecule has 0 aliphatic carbocycles. The molecule has 4 nitrogen and oxygen atoms in total. The van der Waals surface area contributed by atoms with Crippen molar-refractivity contribution < 1.29 is 14.6 Å². The standard InChI is InChI=1S/C14H17BrClNO3/c15-12-8-11(16)3-4-13(12)20-7-6-17-5-1-2-10(9-17)14(18)19/h3-4,8,10H,1-2,5-7,9H2,(H,18,19). The number of carboxylic acids is 1. The topological polar surface area (TPSA) is 49.8 Å². The van der Waals surface area contributed by atoms with Gasteiger partial charge in [-0.05, 0) is 53.5 Å². The molecule has 0 bridgehead atoms. The molecule has 1 heterocycles. The summed E-state index contributed by atoms with van der Waals surface area (Å²) in [6.45, 7) is 2.82. The number of likely N-dealkylation sites (tertiary alicyclic amines) is 1. The Labute approximate surface area is 131 Å². The van der Waals surface area contributed by atoms with E-state index in [1.165, 1.54) is 0 Å². The SMILES string of the molecule is O=C(O)C1CCCN(CCOc2ccc(Cl)cc2Br)C1. The number of carboxylic acid groups (broad SMARTS) is 1. The zero-order chi connectivity index (χ0) is 14.5. The summed E-state index contributed by atoms with van der Waals surface area (Å²) < 4.78 is 6.52. The van der Waals surface area contributed by atoms with Crippen molar-refractivity contribution in [1.29, 1.82) is 0 Å². The Bertz CT molecular complexity index is 483. The number of benzene rings is 1. The number of rotatable bonds is 5. The minimum atomic E-state index is -0.698. The van der Waals surface area contributed by atoms with Gasteiger partial charge in [0.15, 0.2) is 0 Å². The third kappa shape index (κ3) is 4.36. The minimum absolute atomic E-state index is 0.244. The average Bonchev–Trinajstić information content (AvgIpc) is 2.41. The molecule has 6 heteroatoms. The maximum atomic E-state index is 11.0. The molecular formula is C14H17BrClNO3. The van der Waals surface area contributed by atoms with Gasteiger partial charge in [0, 0.05) is 18.1 Å². The first kappa shape index (κ1) is 15.6. The quantitative estimate of drug-likeness (QED) is 0.873. The van der Waals surface area contributed by atoms with Crippen LogP contribution in [0.1, 0.15) is 12.8 Å². The van der Waals surface area contributed by atoms with E-state index in [1.807, 2.05) is 6.07 Å². The van der Waals surface area contributed by atoms with Gasteiger partial charge in [0.2, 0.25) is 0 Å². The molecular weight excluding hydrogens is 346 g/mol. The molecule has 0 radical (unpaired) electrons. The Morgan fingerprint density at radius 2 is 2.35 bits per heavy atom. The smallest absolute Gasteiger partial charge is 0.307 e. The van der Waals surface area contributed by atoms with E-state index in [2.05, 4.69) is 20.8 Å². The fourth-order valence-electron chi connectivity index (χ4n) is 2.34. The van der Waals surface area contributed by atoms with Gasteiger partial charge in [-0.15, -0.1) is 0 Å². The van der Waals surface area contributed by atoms with Gasteiger partial charge in [-0.2, -0.15) is 0 Å². The molecule has 0 amide bonds. The van der Waals surface area contributed by atoms with Crippen LogP contribution in [0.15, 0.2) is 22.7 Å². The van der Waals surface area contributed by atoms with Crippen LogP contribution in [0, 0.1) is 5.92 Å². The van der Waals surface area contributed by atoms with E-state index in [9.17, 15) is 4.79 Å². The van der Waals surface area contributed by atoms with Crippen LogP contribution in [-0.4, -0.2) is 42.2 Å². The van der Waals surface area contributed by atoms with Crippen molar-refractivity contribution >= 4 is 33.5 Å². The summed E-state index contributed by atoms with van der Waals surface area (Å²) in [7, 11) is 0. The predicted molar refractivity (Wildman–Crippen MR) is 81.4 cm³/mol. The second-order valence-electron chi connectivity index (χ2n) is 4.90. The van der Waals surface area contributed by atoms with Crippen LogP contribution in [0.25, 0.3) is 0 Å². The average molecular weight is 363 g/mol.